The van der Waals surface area contributed by atoms with Gasteiger partial charge in [0.05, 0.1) is 40.9 Å². The normalized spacial score (nSPS) is 18.5. The number of rotatable bonds is 14. The van der Waals surface area contributed by atoms with Crippen molar-refractivity contribution in [2.24, 2.45) is 11.8 Å². The van der Waals surface area contributed by atoms with Crippen molar-refractivity contribution in [2.45, 2.75) is 70.4 Å². The number of hydrogen-bond acceptors (Lipinski definition) is 8. The number of Topliss-reactive ketones (excluding diaryl/α,β-unsaturated/α-hetero) is 2. The Labute approximate surface area is 485 Å². The highest BCUT2D eigenvalue weighted by Gasteiger charge is 2.49. The van der Waals surface area contributed by atoms with E-state index in [0.717, 1.165) is 57.5 Å². The van der Waals surface area contributed by atoms with E-state index in [0.29, 0.717) is 47.9 Å². The number of carbonyl (C=O) groups excluding carboxylic acids is 7. The van der Waals surface area contributed by atoms with E-state index in [1.807, 2.05) is 151 Å². The quantitative estimate of drug-likeness (QED) is 0.0455. The lowest BCUT2D eigenvalue weighted by molar-refractivity contribution is -0.136. The van der Waals surface area contributed by atoms with E-state index in [9.17, 15) is 28.8 Å². The van der Waals surface area contributed by atoms with Crippen LogP contribution in [-0.2, 0) is 19.1 Å². The highest BCUT2D eigenvalue weighted by Crippen LogP contribution is 2.49. The summed E-state index contributed by atoms with van der Waals surface area (Å²) in [4.78, 5) is 101. The minimum absolute atomic E-state index is 0.0150. The number of hydrogen-bond donors (Lipinski definition) is 0. The lowest BCUT2D eigenvalue weighted by Crippen LogP contribution is -2.51. The lowest BCUT2D eigenvalue weighted by atomic mass is 9.80. The van der Waals surface area contributed by atoms with Gasteiger partial charge in [-0.15, -0.1) is 0 Å². The second-order valence-corrected chi connectivity index (χ2v) is 27.9. The fourth-order valence-electron chi connectivity index (χ4n) is 13.0. The van der Waals surface area contributed by atoms with Crippen LogP contribution in [-0.4, -0.2) is 80.7 Å². The van der Waals surface area contributed by atoms with Crippen LogP contribution >= 0.6 is 13.8 Å². The Kier molecular flexibility index (Phi) is 16.9. The molecule has 416 valence electrons. The second-order valence-electron chi connectivity index (χ2n) is 21.3. The lowest BCUT2D eigenvalue weighted by Gasteiger charge is -2.38. The first kappa shape index (κ1) is 56.3. The van der Waals surface area contributed by atoms with Gasteiger partial charge in [-0.3, -0.25) is 38.6 Å². The number of benzene rings is 8. The number of ether oxygens (including phenoxy) is 1. The highest BCUT2D eigenvalue weighted by atomic mass is 31.2. The first-order chi connectivity index (χ1) is 40.6. The number of amides is 4. The zero-order valence-corrected chi connectivity index (χ0v) is 48.0. The molecule has 0 aromatic heterocycles. The van der Waals surface area contributed by atoms with Gasteiger partial charge in [-0.1, -0.05) is 232 Å². The van der Waals surface area contributed by atoms with E-state index < -0.39 is 43.7 Å². The summed E-state index contributed by atoms with van der Waals surface area (Å²) < 4.78 is 5.72. The molecular weight excluding hydrogens is 1070 g/mol. The Balaban J connectivity index is 0.000000175. The third kappa shape index (κ3) is 10.4. The molecule has 0 saturated heterocycles. The summed E-state index contributed by atoms with van der Waals surface area (Å²) in [6.07, 6.45) is 5.56. The van der Waals surface area contributed by atoms with Crippen molar-refractivity contribution in [1.29, 1.82) is 0 Å². The van der Waals surface area contributed by atoms with Gasteiger partial charge in [0, 0.05) is 11.8 Å². The minimum Gasteiger partial charge on any atom is -0.462 e. The SMILES string of the molecule is CCOC(=O)C(C(=O)[C@@H]1CCCC[C@H]1N1C(=O)c2ccccc2C1=O)=P(c1ccccc1)(c1ccccc1)c1ccccc1.O=C(C=P(c1ccccc1)(c1ccccc1)c1ccccc1)[C@@H]1CCCC[C@H]1N1C(=O)c2ccccc2C1=O. The van der Waals surface area contributed by atoms with Gasteiger partial charge in [0.1, 0.15) is 5.29 Å². The minimum atomic E-state index is -3.11. The van der Waals surface area contributed by atoms with Gasteiger partial charge in [0.25, 0.3) is 23.6 Å². The number of carbonyl (C=O) groups is 7. The molecule has 10 nitrogen and oxygen atoms in total. The summed E-state index contributed by atoms with van der Waals surface area (Å²) in [6, 6.07) is 72.6. The fraction of sp³-hybridized carbons (Fsp3) is 0.197. The van der Waals surface area contributed by atoms with Crippen molar-refractivity contribution in [3.63, 3.8) is 0 Å². The number of esters is 1. The van der Waals surface area contributed by atoms with Crippen LogP contribution in [0.5, 0.6) is 0 Å². The maximum absolute atomic E-state index is 15.3. The van der Waals surface area contributed by atoms with Crippen molar-refractivity contribution >= 4 is 97.9 Å². The molecule has 83 heavy (non-hydrogen) atoms. The summed E-state index contributed by atoms with van der Waals surface area (Å²) in [6.45, 7) is -3.77. The molecule has 2 heterocycles. The van der Waals surface area contributed by atoms with Crippen molar-refractivity contribution in [3.8, 4) is 0 Å². The van der Waals surface area contributed by atoms with Crippen LogP contribution in [0, 0.1) is 11.8 Å². The van der Waals surface area contributed by atoms with Crippen LogP contribution in [0.4, 0.5) is 0 Å². The molecule has 4 amide bonds. The van der Waals surface area contributed by atoms with E-state index in [4.69, 9.17) is 4.74 Å². The predicted octanol–water partition coefficient (Wildman–Crippen LogP) is 10.3. The molecule has 8 aromatic carbocycles. The van der Waals surface area contributed by atoms with Crippen LogP contribution in [0.25, 0.3) is 0 Å². The Morgan fingerprint density at radius 1 is 0.410 bits per heavy atom. The molecule has 12 heteroatoms. The average Bonchev–Trinajstić information content (AvgIpc) is 3.15. The van der Waals surface area contributed by atoms with Crippen LogP contribution in [0.1, 0.15) is 99.7 Å². The third-order valence-electron chi connectivity index (χ3n) is 16.8. The third-order valence-corrected chi connectivity index (χ3v) is 25.0. The average molecular weight is 1140 g/mol. The van der Waals surface area contributed by atoms with E-state index in [2.05, 4.69) is 36.4 Å². The molecule has 0 N–H and O–H groups in total. The molecule has 0 bridgehead atoms. The number of ketones is 2. The maximum Gasteiger partial charge on any atom is 0.342 e. The number of imide groups is 2. The van der Waals surface area contributed by atoms with E-state index in [-0.39, 0.29) is 47.1 Å². The predicted molar refractivity (Wildman–Crippen MR) is 333 cm³/mol. The molecule has 12 rings (SSSR count). The molecule has 2 saturated carbocycles. The van der Waals surface area contributed by atoms with Gasteiger partial charge >= 0.3 is 5.97 Å². The maximum atomic E-state index is 15.3. The Bertz CT molecular complexity index is 3580. The molecule has 8 aromatic rings. The van der Waals surface area contributed by atoms with Crippen molar-refractivity contribution < 1.29 is 38.3 Å². The van der Waals surface area contributed by atoms with Gasteiger partial charge in [-0.05, 0) is 108 Å². The summed E-state index contributed by atoms with van der Waals surface area (Å²) in [5.74, 6) is -1.55. The number of fused-ring (bicyclic) bond motifs is 2. The molecule has 4 aliphatic rings. The first-order valence-corrected chi connectivity index (χ1v) is 32.3. The van der Waals surface area contributed by atoms with E-state index in [1.165, 1.54) is 9.80 Å². The van der Waals surface area contributed by atoms with Crippen molar-refractivity contribution in [1.82, 2.24) is 9.80 Å². The zero-order chi connectivity index (χ0) is 57.5. The molecule has 0 radical (unpaired) electrons. The zero-order valence-electron chi connectivity index (χ0n) is 46.2. The monoisotopic (exact) mass is 1130 g/mol. The van der Waals surface area contributed by atoms with Crippen molar-refractivity contribution in [3.05, 3.63) is 253 Å². The molecule has 2 aliphatic carbocycles. The van der Waals surface area contributed by atoms with Crippen LogP contribution in [0.3, 0.4) is 0 Å². The first-order valence-electron chi connectivity index (χ1n) is 28.6. The molecule has 2 fully saturated rings. The van der Waals surface area contributed by atoms with Gasteiger partial charge in [-0.25, -0.2) is 4.79 Å². The van der Waals surface area contributed by atoms with Gasteiger partial charge in [0.2, 0.25) is 0 Å². The highest BCUT2D eigenvalue weighted by molar-refractivity contribution is 7.97. The fourth-order valence-corrected chi connectivity index (χ4v) is 21.2. The van der Waals surface area contributed by atoms with Crippen LogP contribution in [0.2, 0.25) is 0 Å². The Morgan fingerprint density at radius 2 is 0.699 bits per heavy atom. The summed E-state index contributed by atoms with van der Waals surface area (Å²) in [5.41, 5.74) is 1.57. The van der Waals surface area contributed by atoms with E-state index >= 15 is 4.79 Å². The Hall–Kier alpha value is -8.55. The van der Waals surface area contributed by atoms with Crippen LogP contribution < -0.4 is 31.8 Å². The molecular formula is C71H64N2O8P2. The second kappa shape index (κ2) is 24.9. The number of nitrogens with zero attached hydrogens (tertiary/aromatic N) is 2. The van der Waals surface area contributed by atoms with Gasteiger partial charge < -0.3 is 4.74 Å². The molecule has 4 atom stereocenters. The summed E-state index contributed by atoms with van der Waals surface area (Å²) in [7, 11) is 0. The van der Waals surface area contributed by atoms with Gasteiger partial charge in [0.15, 0.2) is 11.6 Å². The molecule has 0 unspecified atom stereocenters. The van der Waals surface area contributed by atoms with Crippen molar-refractivity contribution in [2.75, 3.05) is 6.61 Å². The molecule has 2 aliphatic heterocycles. The van der Waals surface area contributed by atoms with E-state index in [1.54, 1.807) is 55.5 Å². The molecule has 0 spiro atoms. The smallest absolute Gasteiger partial charge is 0.342 e. The largest absolute Gasteiger partial charge is 0.462 e. The summed E-state index contributed by atoms with van der Waals surface area (Å²) >= 11 is 0. The topological polar surface area (TPSA) is 135 Å². The van der Waals surface area contributed by atoms with Gasteiger partial charge in [-0.2, -0.15) is 0 Å². The van der Waals surface area contributed by atoms with Crippen LogP contribution in [0.15, 0.2) is 231 Å². The Morgan fingerprint density at radius 3 is 1.04 bits per heavy atom. The standard InChI is InChI=1S/C37H34NO5P.C34H30NO3P/c1-2-43-37(42)34(33(39)31-24-14-15-25-32(31)38-35(40)29-22-12-13-23-30(29)36(38)41)44(26-16-6-3-7-17-26,27-18-8-4-9-19-27)28-20-10-5-11-21-28;36-32(30-22-12-13-23-31(30)35-33(37)28-20-10-11-21-29(28)34(35)38)24-39(25-14-4-1-5-15-25,26-16-6-2-7-17-26)27-18-8-3-9-19-27/h3-13,16-23,31-32H,2,14-15,24-25H2,1H3;1-11,14-21,24,30-31H,12-13,22-23H2/t31-,32-;30-,31-/m11/s1. The summed E-state index contributed by atoms with van der Waals surface area (Å²) in [5, 5.41) is 5.94.